The number of carbonyl (C=O) groups excluding carboxylic acids is 2. The Hall–Kier alpha value is -2.78. The lowest BCUT2D eigenvalue weighted by atomic mass is 10.1. The molecule has 0 spiro atoms. The van der Waals surface area contributed by atoms with Gasteiger partial charge >= 0.3 is 0 Å². The Bertz CT molecular complexity index is 1220. The predicted molar refractivity (Wildman–Crippen MR) is 139 cm³/mol. The fraction of sp³-hybridized carbons (Fsp3) is 0.360. The van der Waals surface area contributed by atoms with Gasteiger partial charge in [0.1, 0.15) is 5.82 Å². The van der Waals surface area contributed by atoms with Crippen LogP contribution in [0.15, 0.2) is 41.6 Å². The summed E-state index contributed by atoms with van der Waals surface area (Å²) in [7, 11) is 0. The number of thioether (sulfide) groups is 2. The van der Waals surface area contributed by atoms with Gasteiger partial charge in [0, 0.05) is 35.8 Å². The Kier molecular flexibility index (Phi) is 7.63. The molecule has 0 bridgehead atoms. The molecule has 1 fully saturated rings. The third-order valence-corrected chi connectivity index (χ3v) is 7.65. The van der Waals surface area contributed by atoms with Crippen molar-refractivity contribution in [3.8, 4) is 5.69 Å². The molecule has 34 heavy (non-hydrogen) atoms. The van der Waals surface area contributed by atoms with E-state index in [1.165, 1.54) is 11.8 Å². The molecule has 7 nitrogen and oxygen atoms in total. The van der Waals surface area contributed by atoms with Crippen molar-refractivity contribution in [3.05, 3.63) is 64.5 Å². The number of amides is 2. The molecular weight excluding hydrogens is 466 g/mol. The zero-order chi connectivity index (χ0) is 24.2. The van der Waals surface area contributed by atoms with E-state index >= 15 is 0 Å². The van der Waals surface area contributed by atoms with Crippen molar-refractivity contribution in [1.29, 1.82) is 0 Å². The molecule has 1 aliphatic rings. The average Bonchev–Trinajstić information content (AvgIpc) is 3.20. The number of anilines is 1. The zero-order valence-electron chi connectivity index (χ0n) is 19.9. The number of hydrogen-bond acceptors (Lipinski definition) is 6. The molecule has 0 atom stereocenters. The summed E-state index contributed by atoms with van der Waals surface area (Å²) in [6, 6.07) is 11.7. The highest BCUT2D eigenvalue weighted by Crippen LogP contribution is 2.25. The van der Waals surface area contributed by atoms with Crippen LogP contribution in [-0.2, 0) is 4.79 Å². The number of hydrogen-bond donors (Lipinski definition) is 1. The van der Waals surface area contributed by atoms with Gasteiger partial charge in [-0.05, 0) is 68.7 Å². The zero-order valence-corrected chi connectivity index (χ0v) is 21.6. The maximum absolute atomic E-state index is 12.8. The maximum Gasteiger partial charge on any atom is 0.253 e. The molecule has 2 amide bonds. The van der Waals surface area contributed by atoms with Crippen molar-refractivity contribution in [2.75, 3.05) is 35.7 Å². The van der Waals surface area contributed by atoms with Crippen LogP contribution in [0.2, 0.25) is 0 Å². The lowest BCUT2D eigenvalue weighted by Crippen LogP contribution is -2.37. The minimum Gasteiger partial charge on any atom is -0.337 e. The SMILES string of the molecule is Cc1ccc(C)c(-n2c(C)nnc2SCC(=O)Nc2ccc(C(=O)N3CCSCC3)cc2C)c1. The van der Waals surface area contributed by atoms with Crippen LogP contribution >= 0.6 is 23.5 Å². The smallest absolute Gasteiger partial charge is 0.253 e. The molecule has 2 heterocycles. The van der Waals surface area contributed by atoms with Gasteiger partial charge in [-0.1, -0.05) is 23.9 Å². The summed E-state index contributed by atoms with van der Waals surface area (Å²) in [5.41, 5.74) is 5.53. The van der Waals surface area contributed by atoms with Crippen LogP contribution in [0.3, 0.4) is 0 Å². The Labute approximate surface area is 208 Å². The van der Waals surface area contributed by atoms with Gasteiger partial charge in [0.2, 0.25) is 5.91 Å². The van der Waals surface area contributed by atoms with Crippen molar-refractivity contribution in [2.45, 2.75) is 32.9 Å². The van der Waals surface area contributed by atoms with Gasteiger partial charge in [-0.3, -0.25) is 14.2 Å². The predicted octanol–water partition coefficient (Wildman–Crippen LogP) is 4.42. The highest BCUT2D eigenvalue weighted by Gasteiger charge is 2.20. The Morgan fingerprint density at radius 3 is 2.50 bits per heavy atom. The van der Waals surface area contributed by atoms with Crippen LogP contribution in [0.25, 0.3) is 5.69 Å². The molecule has 1 aliphatic heterocycles. The molecule has 1 aromatic heterocycles. The summed E-state index contributed by atoms with van der Waals surface area (Å²) in [5, 5.41) is 12.2. The molecule has 0 aliphatic carbocycles. The molecule has 9 heteroatoms. The summed E-state index contributed by atoms with van der Waals surface area (Å²) in [6.45, 7) is 9.49. The highest BCUT2D eigenvalue weighted by atomic mass is 32.2. The molecule has 0 radical (unpaired) electrons. The normalized spacial score (nSPS) is 13.7. The van der Waals surface area contributed by atoms with Gasteiger partial charge in [-0.15, -0.1) is 10.2 Å². The van der Waals surface area contributed by atoms with E-state index in [9.17, 15) is 9.59 Å². The molecule has 0 unspecified atom stereocenters. The third kappa shape index (κ3) is 5.47. The van der Waals surface area contributed by atoms with E-state index in [0.29, 0.717) is 16.4 Å². The second kappa shape index (κ2) is 10.7. The van der Waals surface area contributed by atoms with E-state index < -0.39 is 0 Å². The molecule has 3 aromatic rings. The van der Waals surface area contributed by atoms with Crippen molar-refractivity contribution < 1.29 is 9.59 Å². The van der Waals surface area contributed by atoms with E-state index in [1.54, 1.807) is 6.07 Å². The third-order valence-electron chi connectivity index (χ3n) is 5.78. The lowest BCUT2D eigenvalue weighted by molar-refractivity contribution is -0.113. The minimum atomic E-state index is -0.131. The Balaban J connectivity index is 1.41. The minimum absolute atomic E-state index is 0.0537. The van der Waals surface area contributed by atoms with Crippen LogP contribution in [0, 0.1) is 27.7 Å². The van der Waals surface area contributed by atoms with E-state index in [4.69, 9.17) is 0 Å². The van der Waals surface area contributed by atoms with Crippen molar-refractivity contribution in [2.24, 2.45) is 0 Å². The van der Waals surface area contributed by atoms with Crippen LogP contribution in [-0.4, -0.2) is 61.8 Å². The van der Waals surface area contributed by atoms with Gasteiger partial charge < -0.3 is 10.2 Å². The summed E-state index contributed by atoms with van der Waals surface area (Å²) in [4.78, 5) is 27.4. The summed E-state index contributed by atoms with van der Waals surface area (Å²) in [6.07, 6.45) is 0. The molecule has 1 saturated heterocycles. The monoisotopic (exact) mass is 495 g/mol. The number of benzene rings is 2. The second-order valence-corrected chi connectivity index (χ2v) is 10.6. The topological polar surface area (TPSA) is 80.1 Å². The van der Waals surface area contributed by atoms with Crippen LogP contribution in [0.1, 0.15) is 32.9 Å². The first-order valence-electron chi connectivity index (χ1n) is 11.2. The van der Waals surface area contributed by atoms with E-state index in [-0.39, 0.29) is 17.6 Å². The van der Waals surface area contributed by atoms with Gasteiger partial charge in [0.15, 0.2) is 5.16 Å². The summed E-state index contributed by atoms with van der Waals surface area (Å²) in [5.74, 6) is 2.86. The first-order valence-corrected chi connectivity index (χ1v) is 13.4. The first kappa shape index (κ1) is 24.3. The number of carbonyl (C=O) groups is 2. The van der Waals surface area contributed by atoms with Gasteiger partial charge in [0.25, 0.3) is 5.91 Å². The number of rotatable bonds is 6. The fourth-order valence-corrected chi connectivity index (χ4v) is 5.57. The van der Waals surface area contributed by atoms with Crippen LogP contribution < -0.4 is 5.32 Å². The molecule has 178 valence electrons. The molecular formula is C25H29N5O2S2. The quantitative estimate of drug-likeness (QED) is 0.510. The highest BCUT2D eigenvalue weighted by molar-refractivity contribution is 7.99. The molecule has 1 N–H and O–H groups in total. The van der Waals surface area contributed by atoms with E-state index in [1.807, 2.05) is 47.2 Å². The van der Waals surface area contributed by atoms with Crippen molar-refractivity contribution in [3.63, 3.8) is 0 Å². The second-order valence-electron chi connectivity index (χ2n) is 8.43. The van der Waals surface area contributed by atoms with Gasteiger partial charge in [-0.25, -0.2) is 0 Å². The van der Waals surface area contributed by atoms with Crippen molar-refractivity contribution in [1.82, 2.24) is 19.7 Å². The first-order chi connectivity index (χ1) is 16.3. The van der Waals surface area contributed by atoms with Gasteiger partial charge in [0.05, 0.1) is 11.4 Å². The number of aromatic nitrogens is 3. The lowest BCUT2D eigenvalue weighted by Gasteiger charge is -2.26. The Morgan fingerprint density at radius 1 is 1.00 bits per heavy atom. The standard InChI is InChI=1S/C25H29N5O2S2/c1-16-5-6-17(2)22(13-16)30-19(4)27-28-25(30)34-15-23(31)26-21-8-7-20(14-18(21)3)24(32)29-9-11-33-12-10-29/h5-8,13-14H,9-12,15H2,1-4H3,(H,26,31). The Morgan fingerprint density at radius 2 is 1.76 bits per heavy atom. The summed E-state index contributed by atoms with van der Waals surface area (Å²) >= 11 is 3.23. The number of aryl methyl sites for hydroxylation is 4. The number of nitrogens with one attached hydrogen (secondary N) is 1. The largest absolute Gasteiger partial charge is 0.337 e. The molecule has 4 rings (SSSR count). The molecule has 0 saturated carbocycles. The van der Waals surface area contributed by atoms with Crippen LogP contribution in [0.5, 0.6) is 0 Å². The van der Waals surface area contributed by atoms with E-state index in [0.717, 1.165) is 52.8 Å². The average molecular weight is 496 g/mol. The fourth-order valence-electron chi connectivity index (χ4n) is 3.88. The number of nitrogens with zero attached hydrogens (tertiary/aromatic N) is 4. The molecule has 2 aromatic carbocycles. The summed E-state index contributed by atoms with van der Waals surface area (Å²) < 4.78 is 1.99. The van der Waals surface area contributed by atoms with E-state index in [2.05, 4.69) is 47.6 Å². The van der Waals surface area contributed by atoms with Crippen LogP contribution in [0.4, 0.5) is 5.69 Å². The maximum atomic E-state index is 12.8. The van der Waals surface area contributed by atoms with Crippen molar-refractivity contribution >= 4 is 41.0 Å². The van der Waals surface area contributed by atoms with Gasteiger partial charge in [-0.2, -0.15) is 11.8 Å².